The van der Waals surface area contributed by atoms with Crippen molar-refractivity contribution in [2.75, 3.05) is 19.8 Å². The number of carbonyl (C=O) groups is 1. The van der Waals surface area contributed by atoms with Crippen LogP contribution in [0.3, 0.4) is 0 Å². The van der Waals surface area contributed by atoms with Gasteiger partial charge < -0.3 is 10.1 Å². The number of carbonyl (C=O) groups excluding carboxylic acids is 1. The van der Waals surface area contributed by atoms with Crippen LogP contribution in [0.1, 0.15) is 24.5 Å². The molecule has 1 saturated heterocycles. The number of ether oxygens (including phenoxy) is 1. The van der Waals surface area contributed by atoms with Crippen LogP contribution < -0.4 is 5.32 Å². The lowest BCUT2D eigenvalue weighted by Gasteiger charge is -2.23. The van der Waals surface area contributed by atoms with Gasteiger partial charge in [-0.15, -0.1) is 0 Å². The van der Waals surface area contributed by atoms with Gasteiger partial charge in [0.05, 0.1) is 13.2 Å². The number of morpholine rings is 1. The lowest BCUT2D eigenvalue weighted by molar-refractivity contribution is -0.119. The van der Waals surface area contributed by atoms with E-state index in [0.717, 1.165) is 25.1 Å². The third kappa shape index (κ3) is 3.93. The van der Waals surface area contributed by atoms with Crippen molar-refractivity contribution >= 4 is 5.78 Å². The molecule has 3 heteroatoms. The molecule has 98 valence electrons. The van der Waals surface area contributed by atoms with Crippen molar-refractivity contribution in [3.05, 3.63) is 35.4 Å². The quantitative estimate of drug-likeness (QED) is 0.861. The second kappa shape index (κ2) is 6.66. The fourth-order valence-corrected chi connectivity index (χ4v) is 2.22. The Morgan fingerprint density at radius 3 is 2.67 bits per heavy atom. The van der Waals surface area contributed by atoms with Gasteiger partial charge in [-0.1, -0.05) is 31.2 Å². The van der Waals surface area contributed by atoms with E-state index in [-0.39, 0.29) is 11.8 Å². The second-order valence-electron chi connectivity index (χ2n) is 4.82. The van der Waals surface area contributed by atoms with Crippen LogP contribution in [-0.4, -0.2) is 31.6 Å². The molecule has 1 atom stereocenters. The summed E-state index contributed by atoms with van der Waals surface area (Å²) < 4.78 is 5.35. The summed E-state index contributed by atoms with van der Waals surface area (Å²) in [4.78, 5) is 11.9. The van der Waals surface area contributed by atoms with Gasteiger partial charge in [0.15, 0.2) is 0 Å². The highest BCUT2D eigenvalue weighted by molar-refractivity contribution is 5.81. The first-order valence-electron chi connectivity index (χ1n) is 6.68. The van der Waals surface area contributed by atoms with Crippen molar-refractivity contribution in [3.8, 4) is 0 Å². The van der Waals surface area contributed by atoms with E-state index < -0.39 is 0 Å². The Kier molecular flexibility index (Phi) is 4.90. The molecule has 0 aliphatic carbocycles. The first-order valence-corrected chi connectivity index (χ1v) is 6.68. The molecule has 1 aliphatic heterocycles. The molecule has 1 aliphatic rings. The Morgan fingerprint density at radius 1 is 1.33 bits per heavy atom. The highest BCUT2D eigenvalue weighted by Crippen LogP contribution is 2.08. The molecular weight excluding hydrogens is 226 g/mol. The Labute approximate surface area is 109 Å². The van der Waals surface area contributed by atoms with Gasteiger partial charge in [-0.3, -0.25) is 4.79 Å². The first kappa shape index (κ1) is 13.2. The molecule has 1 fully saturated rings. The molecule has 0 saturated carbocycles. The largest absolute Gasteiger partial charge is 0.379 e. The molecule has 0 bridgehead atoms. The number of aryl methyl sites for hydroxylation is 1. The van der Waals surface area contributed by atoms with Gasteiger partial charge in [0, 0.05) is 25.4 Å². The molecule has 1 heterocycles. The van der Waals surface area contributed by atoms with E-state index in [2.05, 4.69) is 36.5 Å². The topological polar surface area (TPSA) is 38.3 Å². The van der Waals surface area contributed by atoms with E-state index >= 15 is 0 Å². The lowest BCUT2D eigenvalue weighted by Crippen LogP contribution is -2.42. The molecule has 3 nitrogen and oxygen atoms in total. The van der Waals surface area contributed by atoms with Crippen LogP contribution in [0, 0.1) is 0 Å². The maximum atomic E-state index is 11.9. The highest BCUT2D eigenvalue weighted by atomic mass is 16.5. The number of rotatable bonds is 5. The molecule has 1 N–H and O–H groups in total. The van der Waals surface area contributed by atoms with Crippen LogP contribution in [-0.2, 0) is 22.4 Å². The summed E-state index contributed by atoms with van der Waals surface area (Å²) in [6.07, 6.45) is 2.13. The Balaban J connectivity index is 1.82. The number of ketones is 1. The molecule has 1 unspecified atom stereocenters. The normalized spacial score (nSPS) is 19.7. The van der Waals surface area contributed by atoms with Crippen LogP contribution in [0.2, 0.25) is 0 Å². The van der Waals surface area contributed by atoms with Crippen LogP contribution >= 0.6 is 0 Å². The van der Waals surface area contributed by atoms with Gasteiger partial charge >= 0.3 is 0 Å². The minimum absolute atomic E-state index is 0.196. The van der Waals surface area contributed by atoms with Gasteiger partial charge in [-0.25, -0.2) is 0 Å². The standard InChI is InChI=1S/C15H21NO2/c1-2-12-3-5-13(6-4-12)9-15(17)10-14-11-18-8-7-16-14/h3-6,14,16H,2,7-11H2,1H3. The zero-order valence-electron chi connectivity index (χ0n) is 10.9. The zero-order chi connectivity index (χ0) is 12.8. The fourth-order valence-electron chi connectivity index (χ4n) is 2.22. The van der Waals surface area contributed by atoms with E-state index in [0.29, 0.717) is 19.4 Å². The third-order valence-corrected chi connectivity index (χ3v) is 3.31. The van der Waals surface area contributed by atoms with Crippen LogP contribution in [0.25, 0.3) is 0 Å². The Bertz CT molecular complexity index is 380. The van der Waals surface area contributed by atoms with Crippen LogP contribution in [0.15, 0.2) is 24.3 Å². The van der Waals surface area contributed by atoms with E-state index in [1.165, 1.54) is 5.56 Å². The first-order chi connectivity index (χ1) is 8.78. The third-order valence-electron chi connectivity index (χ3n) is 3.31. The minimum atomic E-state index is 0.196. The minimum Gasteiger partial charge on any atom is -0.379 e. The summed E-state index contributed by atoms with van der Waals surface area (Å²) in [5, 5.41) is 3.31. The van der Waals surface area contributed by atoms with Gasteiger partial charge in [-0.2, -0.15) is 0 Å². The predicted molar refractivity (Wildman–Crippen MR) is 71.8 cm³/mol. The number of Topliss-reactive ketones (excluding diaryl/α,β-unsaturated/α-hetero) is 1. The second-order valence-corrected chi connectivity index (χ2v) is 4.82. The summed E-state index contributed by atoms with van der Waals surface area (Å²) in [7, 11) is 0. The maximum Gasteiger partial charge on any atom is 0.138 e. The zero-order valence-corrected chi connectivity index (χ0v) is 10.9. The summed E-state index contributed by atoms with van der Waals surface area (Å²) in [5.74, 6) is 0.280. The Hall–Kier alpha value is -1.19. The van der Waals surface area contributed by atoms with E-state index in [9.17, 15) is 4.79 Å². The van der Waals surface area contributed by atoms with E-state index in [1.54, 1.807) is 0 Å². The maximum absolute atomic E-state index is 11.9. The van der Waals surface area contributed by atoms with Crippen LogP contribution in [0.4, 0.5) is 0 Å². The Morgan fingerprint density at radius 2 is 2.06 bits per heavy atom. The fraction of sp³-hybridized carbons (Fsp3) is 0.533. The lowest BCUT2D eigenvalue weighted by atomic mass is 10.0. The number of benzene rings is 1. The van der Waals surface area contributed by atoms with Crippen molar-refractivity contribution in [3.63, 3.8) is 0 Å². The molecule has 0 spiro atoms. The molecule has 1 aromatic rings. The number of hydrogen-bond acceptors (Lipinski definition) is 3. The van der Waals surface area contributed by atoms with Crippen molar-refractivity contribution in [2.24, 2.45) is 0 Å². The molecule has 0 radical (unpaired) electrons. The van der Waals surface area contributed by atoms with Gasteiger partial charge in [0.2, 0.25) is 0 Å². The van der Waals surface area contributed by atoms with Crippen LogP contribution in [0.5, 0.6) is 0 Å². The van der Waals surface area contributed by atoms with Crippen molar-refractivity contribution in [1.29, 1.82) is 0 Å². The van der Waals surface area contributed by atoms with Gasteiger partial charge in [0.25, 0.3) is 0 Å². The van der Waals surface area contributed by atoms with Gasteiger partial charge in [-0.05, 0) is 17.5 Å². The monoisotopic (exact) mass is 247 g/mol. The SMILES string of the molecule is CCc1ccc(CC(=O)CC2COCCN2)cc1. The van der Waals surface area contributed by atoms with Crippen molar-refractivity contribution < 1.29 is 9.53 Å². The highest BCUT2D eigenvalue weighted by Gasteiger charge is 2.16. The van der Waals surface area contributed by atoms with Crippen molar-refractivity contribution in [2.45, 2.75) is 32.2 Å². The summed E-state index contributed by atoms with van der Waals surface area (Å²) >= 11 is 0. The average molecular weight is 247 g/mol. The molecule has 1 aromatic carbocycles. The summed E-state index contributed by atoms with van der Waals surface area (Å²) in [6.45, 7) is 4.39. The average Bonchev–Trinajstić information content (AvgIpc) is 2.40. The van der Waals surface area contributed by atoms with Gasteiger partial charge in [0.1, 0.15) is 5.78 Å². The van der Waals surface area contributed by atoms with E-state index in [1.807, 2.05) is 0 Å². The predicted octanol–water partition coefficient (Wildman–Crippen LogP) is 1.74. The molecule has 0 amide bonds. The molecule has 0 aromatic heterocycles. The molecular formula is C15H21NO2. The van der Waals surface area contributed by atoms with Crippen molar-refractivity contribution in [1.82, 2.24) is 5.32 Å². The molecule has 2 rings (SSSR count). The smallest absolute Gasteiger partial charge is 0.138 e. The molecule has 18 heavy (non-hydrogen) atoms. The summed E-state index contributed by atoms with van der Waals surface area (Å²) in [5.41, 5.74) is 2.42. The number of nitrogens with one attached hydrogen (secondary N) is 1. The number of hydrogen-bond donors (Lipinski definition) is 1. The van der Waals surface area contributed by atoms with E-state index in [4.69, 9.17) is 4.74 Å². The summed E-state index contributed by atoms with van der Waals surface area (Å²) in [6, 6.07) is 8.51.